The number of β-amino-alcohol motifs (C(OH)–C–C–N with tert-alkyl or cyclic N) is 1. The number of aryl methyl sites for hydroxylation is 1. The van der Waals surface area contributed by atoms with Gasteiger partial charge in [0.1, 0.15) is 12.1 Å². The molecule has 11 heteroatoms. The molecule has 0 spiro atoms. The molecule has 0 bridgehead atoms. The number of rotatable bonds is 8. The van der Waals surface area contributed by atoms with Gasteiger partial charge < -0.3 is 26.0 Å². The first kappa shape index (κ1) is 29.1. The van der Waals surface area contributed by atoms with Crippen molar-refractivity contribution >= 4 is 29.1 Å². The first-order valence-corrected chi connectivity index (χ1v) is 14.4. The number of aliphatic hydroxyl groups excluding tert-OH is 1. The highest BCUT2D eigenvalue weighted by atomic mass is 32.1. The number of carbonyl (C=O) groups is 3. The molecule has 212 valence electrons. The number of nitrogens with one attached hydrogen (secondary N) is 3. The molecule has 10 nitrogen and oxygen atoms in total. The molecule has 0 unspecified atom stereocenters. The van der Waals surface area contributed by atoms with Crippen molar-refractivity contribution < 1.29 is 19.5 Å². The first-order valence-electron chi connectivity index (χ1n) is 13.5. The molecule has 2 fully saturated rings. The summed E-state index contributed by atoms with van der Waals surface area (Å²) in [5.41, 5.74) is 4.23. The Bertz CT molecular complexity index is 1160. The van der Waals surface area contributed by atoms with Crippen LogP contribution in [-0.4, -0.2) is 95.1 Å². The van der Waals surface area contributed by atoms with Crippen molar-refractivity contribution in [2.45, 2.75) is 58.8 Å². The van der Waals surface area contributed by atoms with E-state index < -0.39 is 23.6 Å². The third kappa shape index (κ3) is 7.42. The van der Waals surface area contributed by atoms with Crippen molar-refractivity contribution in [1.82, 2.24) is 30.7 Å². The highest BCUT2D eigenvalue weighted by molar-refractivity contribution is 7.13. The van der Waals surface area contributed by atoms with Gasteiger partial charge in [0.15, 0.2) is 0 Å². The van der Waals surface area contributed by atoms with Crippen LogP contribution in [0.4, 0.5) is 0 Å². The molecule has 39 heavy (non-hydrogen) atoms. The van der Waals surface area contributed by atoms with Crippen LogP contribution in [0.5, 0.6) is 0 Å². The van der Waals surface area contributed by atoms with E-state index in [1.54, 1.807) is 11.3 Å². The molecule has 4 N–H and O–H groups in total. The van der Waals surface area contributed by atoms with Gasteiger partial charge in [0.2, 0.25) is 17.7 Å². The Balaban J connectivity index is 1.38. The summed E-state index contributed by atoms with van der Waals surface area (Å²) in [5.74, 6) is -0.887. The Kier molecular flexibility index (Phi) is 9.37. The van der Waals surface area contributed by atoms with Crippen LogP contribution in [0.25, 0.3) is 10.4 Å². The number of piperazine rings is 1. The quantitative estimate of drug-likeness (QED) is 0.384. The Morgan fingerprint density at radius 1 is 1.18 bits per heavy atom. The van der Waals surface area contributed by atoms with Crippen molar-refractivity contribution in [2.75, 3.05) is 39.3 Å². The van der Waals surface area contributed by atoms with Gasteiger partial charge in [-0.1, -0.05) is 45.0 Å². The van der Waals surface area contributed by atoms with E-state index in [1.165, 1.54) is 4.90 Å². The second-order valence-electron chi connectivity index (χ2n) is 11.5. The number of thiazole rings is 1. The Morgan fingerprint density at radius 2 is 1.87 bits per heavy atom. The summed E-state index contributed by atoms with van der Waals surface area (Å²) < 4.78 is 0. The fraction of sp³-hybridized carbons (Fsp3) is 0.571. The zero-order valence-electron chi connectivity index (χ0n) is 23.2. The molecule has 3 heterocycles. The minimum atomic E-state index is -0.823. The maximum absolute atomic E-state index is 13.7. The van der Waals surface area contributed by atoms with Gasteiger partial charge in [0.25, 0.3) is 0 Å². The van der Waals surface area contributed by atoms with Crippen molar-refractivity contribution in [3.8, 4) is 10.4 Å². The van der Waals surface area contributed by atoms with E-state index in [-0.39, 0.29) is 37.2 Å². The molecule has 2 aliphatic heterocycles. The molecule has 3 amide bonds. The SMILES string of the molecule is Cc1ncsc1-c1ccc(CNC(=O)[C@@H]2C[C@@H](O)CN2C(=O)[C@@H](NC(=O)CN2CCNCC2)C(C)(C)C)cc1. The molecule has 0 aliphatic carbocycles. The van der Waals surface area contributed by atoms with Gasteiger partial charge in [0.05, 0.1) is 28.7 Å². The first-order chi connectivity index (χ1) is 18.5. The van der Waals surface area contributed by atoms with Crippen LogP contribution in [-0.2, 0) is 20.9 Å². The molecule has 0 saturated carbocycles. The van der Waals surface area contributed by atoms with Crippen LogP contribution in [0.2, 0.25) is 0 Å². The lowest BCUT2D eigenvalue weighted by molar-refractivity contribution is -0.144. The third-order valence-electron chi connectivity index (χ3n) is 7.29. The lowest BCUT2D eigenvalue weighted by Gasteiger charge is -2.36. The van der Waals surface area contributed by atoms with E-state index in [0.29, 0.717) is 6.54 Å². The summed E-state index contributed by atoms with van der Waals surface area (Å²) in [4.78, 5) is 48.7. The van der Waals surface area contributed by atoms with Crippen LogP contribution in [0, 0.1) is 12.3 Å². The minimum absolute atomic E-state index is 0.0556. The van der Waals surface area contributed by atoms with Gasteiger partial charge in [-0.15, -0.1) is 11.3 Å². The van der Waals surface area contributed by atoms with Crippen molar-refractivity contribution in [3.05, 3.63) is 41.0 Å². The molecule has 1 aromatic carbocycles. The molecular formula is C28H40N6O4S. The summed E-state index contributed by atoms with van der Waals surface area (Å²) >= 11 is 1.59. The second kappa shape index (κ2) is 12.5. The Morgan fingerprint density at radius 3 is 2.49 bits per heavy atom. The maximum Gasteiger partial charge on any atom is 0.246 e. The molecule has 1 aromatic heterocycles. The van der Waals surface area contributed by atoms with Gasteiger partial charge in [-0.05, 0) is 23.5 Å². The van der Waals surface area contributed by atoms with E-state index in [2.05, 4.69) is 25.8 Å². The van der Waals surface area contributed by atoms with Gasteiger partial charge in [-0.3, -0.25) is 19.3 Å². The number of aromatic nitrogens is 1. The van der Waals surface area contributed by atoms with Crippen LogP contribution in [0.15, 0.2) is 29.8 Å². The Hall–Kier alpha value is -2.86. The van der Waals surface area contributed by atoms with Crippen LogP contribution < -0.4 is 16.0 Å². The average molecular weight is 557 g/mol. The Labute approximate surface area is 234 Å². The van der Waals surface area contributed by atoms with Crippen molar-refractivity contribution in [2.24, 2.45) is 5.41 Å². The number of likely N-dealkylation sites (tertiary alicyclic amines) is 1. The maximum atomic E-state index is 13.7. The standard InChI is InChI=1S/C28H40N6O4S/c1-18-24(39-17-31-18)20-7-5-19(6-8-20)14-30-26(37)22-13-21(35)15-34(22)27(38)25(28(2,3)4)32-23(36)16-33-11-9-29-10-12-33/h5-8,17,21-22,25,29,35H,9-16H2,1-4H3,(H,30,37)(H,32,36)/t21-,22+,25-/m1/s1. The highest BCUT2D eigenvalue weighted by Crippen LogP contribution is 2.28. The number of hydrogen-bond donors (Lipinski definition) is 4. The fourth-order valence-corrected chi connectivity index (χ4v) is 5.87. The summed E-state index contributed by atoms with van der Waals surface area (Å²) in [6.07, 6.45) is -0.643. The number of nitrogens with zero attached hydrogens (tertiary/aromatic N) is 3. The second-order valence-corrected chi connectivity index (χ2v) is 12.3. The van der Waals surface area contributed by atoms with Crippen LogP contribution in [0.1, 0.15) is 38.4 Å². The van der Waals surface area contributed by atoms with Crippen molar-refractivity contribution in [3.63, 3.8) is 0 Å². The van der Waals surface area contributed by atoms with E-state index >= 15 is 0 Å². The predicted octanol–water partition coefficient (Wildman–Crippen LogP) is 1.13. The number of hydrogen-bond acceptors (Lipinski definition) is 8. The molecule has 0 radical (unpaired) electrons. The molecule has 4 rings (SSSR count). The number of aliphatic hydroxyl groups is 1. The molecule has 3 atom stereocenters. The van der Waals surface area contributed by atoms with E-state index in [0.717, 1.165) is 47.9 Å². The van der Waals surface area contributed by atoms with Gasteiger partial charge in [0, 0.05) is 45.7 Å². The highest BCUT2D eigenvalue weighted by Gasteiger charge is 2.44. The van der Waals surface area contributed by atoms with Crippen LogP contribution >= 0.6 is 11.3 Å². The number of amides is 3. The van der Waals surface area contributed by atoms with E-state index in [1.807, 2.05) is 57.5 Å². The topological polar surface area (TPSA) is 127 Å². The van der Waals surface area contributed by atoms with Crippen molar-refractivity contribution in [1.29, 1.82) is 0 Å². The summed E-state index contributed by atoms with van der Waals surface area (Å²) in [6.45, 7) is 11.4. The normalized spacial score (nSPS) is 21.0. The van der Waals surface area contributed by atoms with E-state index in [9.17, 15) is 19.5 Å². The van der Waals surface area contributed by atoms with Gasteiger partial charge in [-0.25, -0.2) is 4.98 Å². The largest absolute Gasteiger partial charge is 0.391 e. The van der Waals surface area contributed by atoms with E-state index in [4.69, 9.17) is 0 Å². The van der Waals surface area contributed by atoms with Crippen LogP contribution in [0.3, 0.4) is 0 Å². The lowest BCUT2D eigenvalue weighted by atomic mass is 9.85. The van der Waals surface area contributed by atoms with Gasteiger partial charge in [-0.2, -0.15) is 0 Å². The average Bonchev–Trinajstić information content (AvgIpc) is 3.51. The minimum Gasteiger partial charge on any atom is -0.391 e. The number of carbonyl (C=O) groups excluding carboxylic acids is 3. The number of benzene rings is 1. The molecular weight excluding hydrogens is 516 g/mol. The third-order valence-corrected chi connectivity index (χ3v) is 8.27. The summed E-state index contributed by atoms with van der Waals surface area (Å²) in [5, 5.41) is 19.5. The molecule has 2 aliphatic rings. The predicted molar refractivity (Wildman–Crippen MR) is 151 cm³/mol. The summed E-state index contributed by atoms with van der Waals surface area (Å²) in [6, 6.07) is 6.32. The fourth-order valence-electron chi connectivity index (χ4n) is 5.06. The zero-order valence-corrected chi connectivity index (χ0v) is 24.0. The monoisotopic (exact) mass is 556 g/mol. The zero-order chi connectivity index (χ0) is 28.2. The smallest absolute Gasteiger partial charge is 0.246 e. The van der Waals surface area contributed by atoms with Gasteiger partial charge >= 0.3 is 0 Å². The molecule has 2 aromatic rings. The lowest BCUT2D eigenvalue weighted by Crippen LogP contribution is -2.59. The molecule has 2 saturated heterocycles. The summed E-state index contributed by atoms with van der Waals surface area (Å²) in [7, 11) is 0.